The summed E-state index contributed by atoms with van der Waals surface area (Å²) in [5.74, 6) is 0.820. The molecule has 0 amide bonds. The second kappa shape index (κ2) is 8.73. The summed E-state index contributed by atoms with van der Waals surface area (Å²) in [5.41, 5.74) is 12.3. The summed E-state index contributed by atoms with van der Waals surface area (Å²) in [6.45, 7) is 1.77. The number of nitrogens with one attached hydrogen (secondary N) is 2. The molecule has 0 bridgehead atoms. The van der Waals surface area contributed by atoms with Gasteiger partial charge in [0.1, 0.15) is 0 Å². The van der Waals surface area contributed by atoms with E-state index in [9.17, 15) is 0 Å². The van der Waals surface area contributed by atoms with Gasteiger partial charge in [-0.15, -0.1) is 0 Å². The number of fused-ring (bicyclic) bond motifs is 7. The minimum absolute atomic E-state index is 0.524. The van der Waals surface area contributed by atoms with E-state index < -0.39 is 0 Å². The van der Waals surface area contributed by atoms with Gasteiger partial charge in [-0.25, -0.2) is 0 Å². The molecule has 0 unspecified atom stereocenters. The molecule has 0 aliphatic carbocycles. The molecule has 7 aromatic rings. The molecule has 0 atom stereocenters. The van der Waals surface area contributed by atoms with E-state index in [4.69, 9.17) is 33.7 Å². The number of hydrogen-bond acceptors (Lipinski definition) is 2. The van der Waals surface area contributed by atoms with Crippen LogP contribution in [0.1, 0.15) is 12.0 Å². The van der Waals surface area contributed by atoms with E-state index in [1.807, 2.05) is 36.4 Å². The lowest BCUT2D eigenvalue weighted by atomic mass is 10.1. The van der Waals surface area contributed by atoms with Gasteiger partial charge in [-0.1, -0.05) is 41.4 Å². The second-order valence-corrected chi connectivity index (χ2v) is 10.3. The van der Waals surface area contributed by atoms with Crippen molar-refractivity contribution < 1.29 is 4.74 Å². The zero-order valence-electron chi connectivity index (χ0n) is 19.9. The summed E-state index contributed by atoms with van der Waals surface area (Å²) in [6, 6.07) is 22.6. The third-order valence-electron chi connectivity index (χ3n) is 7.19. The number of hydrogen-bond donors (Lipinski definition) is 3. The lowest BCUT2D eigenvalue weighted by Crippen LogP contribution is -2.08. The first-order valence-electron chi connectivity index (χ1n) is 12.4. The normalized spacial score (nSPS) is 12.1. The van der Waals surface area contributed by atoms with Crippen LogP contribution in [-0.2, 0) is 6.54 Å². The highest BCUT2D eigenvalue weighted by molar-refractivity contribution is 6.33. The number of para-hydroxylation sites is 1. The molecule has 0 saturated carbocycles. The standard InChI is InChI=1S/C30H24Cl2N4O/c31-18-6-8-26-21(12-18)23-14-24-22-13-19(32)7-9-27(22)36(16-17-15-34-25-5-2-1-4-20(17)25)29(24)30(28(23)35-26)37-11-3-10-33/h1-2,4-9,12-15,34-35H,3,10-11,16,33H2. The summed E-state index contributed by atoms with van der Waals surface area (Å²) in [5, 5.41) is 6.91. The van der Waals surface area contributed by atoms with E-state index in [2.05, 4.69) is 51.1 Å². The Morgan fingerprint density at radius 1 is 0.811 bits per heavy atom. The Morgan fingerprint density at radius 2 is 1.62 bits per heavy atom. The smallest absolute Gasteiger partial charge is 0.167 e. The van der Waals surface area contributed by atoms with Crippen LogP contribution in [0.2, 0.25) is 10.0 Å². The Balaban J connectivity index is 1.59. The van der Waals surface area contributed by atoms with Crippen molar-refractivity contribution >= 4 is 77.7 Å². The average molecular weight is 527 g/mol. The minimum Gasteiger partial charge on any atom is -0.489 e. The van der Waals surface area contributed by atoms with Crippen LogP contribution in [0.3, 0.4) is 0 Å². The van der Waals surface area contributed by atoms with Crippen LogP contribution in [-0.4, -0.2) is 27.7 Å². The summed E-state index contributed by atoms with van der Waals surface area (Å²) < 4.78 is 8.87. The summed E-state index contributed by atoms with van der Waals surface area (Å²) in [6.07, 6.45) is 2.86. The molecule has 0 aliphatic heterocycles. The SMILES string of the molecule is NCCCOc1c2[nH]c3ccc(Cl)cc3c2cc2c3cc(Cl)ccc3n(Cc3c[nH]c4ccccc34)c12. The fourth-order valence-corrected chi connectivity index (χ4v) is 5.86. The maximum Gasteiger partial charge on any atom is 0.167 e. The quantitative estimate of drug-likeness (QED) is 0.192. The van der Waals surface area contributed by atoms with Crippen molar-refractivity contribution in [2.24, 2.45) is 5.73 Å². The third-order valence-corrected chi connectivity index (χ3v) is 7.66. The second-order valence-electron chi connectivity index (χ2n) is 9.44. The van der Waals surface area contributed by atoms with Crippen LogP contribution in [0.4, 0.5) is 0 Å². The Bertz CT molecular complexity index is 1960. The zero-order chi connectivity index (χ0) is 25.1. The van der Waals surface area contributed by atoms with Gasteiger partial charge in [0, 0.05) is 59.7 Å². The first kappa shape index (κ1) is 22.5. The van der Waals surface area contributed by atoms with Crippen molar-refractivity contribution in [3.8, 4) is 5.75 Å². The van der Waals surface area contributed by atoms with Crippen LogP contribution < -0.4 is 10.5 Å². The van der Waals surface area contributed by atoms with E-state index in [0.29, 0.717) is 29.7 Å². The highest BCUT2D eigenvalue weighted by Crippen LogP contribution is 2.44. The Labute approximate surface area is 222 Å². The lowest BCUT2D eigenvalue weighted by molar-refractivity contribution is 0.319. The molecule has 3 aromatic heterocycles. The number of H-pyrrole nitrogens is 2. The number of aromatic amines is 2. The maximum atomic E-state index is 6.53. The number of benzene rings is 4. The Morgan fingerprint density at radius 3 is 2.49 bits per heavy atom. The van der Waals surface area contributed by atoms with Crippen molar-refractivity contribution in [1.29, 1.82) is 0 Å². The van der Waals surface area contributed by atoms with Gasteiger partial charge in [0.25, 0.3) is 0 Å². The monoisotopic (exact) mass is 526 g/mol. The van der Waals surface area contributed by atoms with E-state index >= 15 is 0 Å². The van der Waals surface area contributed by atoms with Gasteiger partial charge < -0.3 is 25.0 Å². The average Bonchev–Trinajstić information content (AvgIpc) is 3.57. The molecule has 37 heavy (non-hydrogen) atoms. The maximum absolute atomic E-state index is 6.53. The zero-order valence-corrected chi connectivity index (χ0v) is 21.5. The molecule has 5 nitrogen and oxygen atoms in total. The highest BCUT2D eigenvalue weighted by atomic mass is 35.5. The molecule has 4 aromatic carbocycles. The van der Waals surface area contributed by atoms with E-state index in [1.54, 1.807) is 0 Å². The fourth-order valence-electron chi connectivity index (χ4n) is 5.52. The molecular weight excluding hydrogens is 503 g/mol. The van der Waals surface area contributed by atoms with Crippen LogP contribution in [0.15, 0.2) is 72.9 Å². The first-order chi connectivity index (χ1) is 18.1. The van der Waals surface area contributed by atoms with Gasteiger partial charge in [0.15, 0.2) is 5.75 Å². The summed E-state index contributed by atoms with van der Waals surface area (Å²) >= 11 is 12.9. The van der Waals surface area contributed by atoms with Gasteiger partial charge in [0.2, 0.25) is 0 Å². The summed E-state index contributed by atoms with van der Waals surface area (Å²) in [4.78, 5) is 7.02. The van der Waals surface area contributed by atoms with Gasteiger partial charge in [-0.05, 0) is 67.1 Å². The van der Waals surface area contributed by atoms with Crippen LogP contribution in [0.5, 0.6) is 5.75 Å². The third kappa shape index (κ3) is 3.57. The molecule has 4 N–H and O–H groups in total. The number of aromatic nitrogens is 3. The molecule has 7 heteroatoms. The highest BCUT2D eigenvalue weighted by Gasteiger charge is 2.22. The molecule has 0 saturated heterocycles. The number of rotatable bonds is 6. The van der Waals surface area contributed by atoms with E-state index in [1.165, 1.54) is 10.9 Å². The topological polar surface area (TPSA) is 71.8 Å². The molecule has 7 rings (SSSR count). The molecule has 0 spiro atoms. The van der Waals surface area contributed by atoms with E-state index in [-0.39, 0.29) is 0 Å². The van der Waals surface area contributed by atoms with Crippen LogP contribution >= 0.6 is 23.2 Å². The molecule has 0 fully saturated rings. The van der Waals surface area contributed by atoms with E-state index in [0.717, 1.165) is 61.3 Å². The molecule has 3 heterocycles. The number of ether oxygens (including phenoxy) is 1. The van der Waals surface area contributed by atoms with Gasteiger partial charge in [-0.3, -0.25) is 0 Å². The number of nitrogens with zero attached hydrogens (tertiary/aromatic N) is 1. The molecule has 0 radical (unpaired) electrons. The predicted octanol–water partition coefficient (Wildman–Crippen LogP) is 7.99. The lowest BCUT2D eigenvalue weighted by Gasteiger charge is -2.13. The van der Waals surface area contributed by atoms with Gasteiger partial charge in [0.05, 0.1) is 24.2 Å². The Kier molecular flexibility index (Phi) is 5.32. The predicted molar refractivity (Wildman–Crippen MR) is 155 cm³/mol. The molecule has 0 aliphatic rings. The van der Waals surface area contributed by atoms with Crippen LogP contribution in [0, 0.1) is 0 Å². The molecule has 184 valence electrons. The van der Waals surface area contributed by atoms with Gasteiger partial charge in [-0.2, -0.15) is 0 Å². The largest absolute Gasteiger partial charge is 0.489 e. The first-order valence-corrected chi connectivity index (χ1v) is 13.1. The van der Waals surface area contributed by atoms with Crippen molar-refractivity contribution in [2.75, 3.05) is 13.2 Å². The van der Waals surface area contributed by atoms with Crippen molar-refractivity contribution in [3.05, 3.63) is 88.5 Å². The summed E-state index contributed by atoms with van der Waals surface area (Å²) in [7, 11) is 0. The van der Waals surface area contributed by atoms with Crippen molar-refractivity contribution in [3.63, 3.8) is 0 Å². The van der Waals surface area contributed by atoms with Crippen molar-refractivity contribution in [2.45, 2.75) is 13.0 Å². The number of nitrogens with two attached hydrogens (primary N) is 1. The van der Waals surface area contributed by atoms with Crippen molar-refractivity contribution in [1.82, 2.24) is 14.5 Å². The minimum atomic E-state index is 0.524. The fraction of sp³-hybridized carbons (Fsp3) is 0.133. The van der Waals surface area contributed by atoms with Gasteiger partial charge >= 0.3 is 0 Å². The Hall–Kier alpha value is -3.64. The van der Waals surface area contributed by atoms with Crippen LogP contribution in [0.25, 0.3) is 54.5 Å². The number of halogens is 2. The molecular formula is C30H24Cl2N4O.